The van der Waals surface area contributed by atoms with Crippen LogP contribution in [-0.4, -0.2) is 42.1 Å². The molecule has 0 radical (unpaired) electrons. The van der Waals surface area contributed by atoms with Gasteiger partial charge in [0.1, 0.15) is 5.75 Å². The molecule has 1 amide bonds. The third-order valence-electron chi connectivity index (χ3n) is 4.27. The van der Waals surface area contributed by atoms with Gasteiger partial charge in [-0.3, -0.25) is 4.79 Å². The number of carbonyl (C=O) groups is 2. The number of hydrogen-bond acceptors (Lipinski definition) is 3. The maximum absolute atomic E-state index is 12.5. The normalized spacial score (nSPS) is 13.8. The van der Waals surface area contributed by atoms with Crippen LogP contribution in [0, 0.1) is 0 Å². The fraction of sp³-hybridized carbons (Fsp3) is 0.263. The van der Waals surface area contributed by atoms with Crippen molar-refractivity contribution >= 4 is 11.9 Å². The first-order valence-electron chi connectivity index (χ1n) is 7.91. The number of aromatic carboxylic acids is 1. The second-order valence-corrected chi connectivity index (χ2v) is 5.80. The smallest absolute Gasteiger partial charge is 0.336 e. The van der Waals surface area contributed by atoms with Crippen LogP contribution in [0.1, 0.15) is 33.6 Å². The number of rotatable bonds is 4. The third kappa shape index (κ3) is 3.11. The van der Waals surface area contributed by atoms with E-state index in [0.29, 0.717) is 22.4 Å². The number of carboxylic acid groups (broad SMARTS) is 1. The average molecular weight is 325 g/mol. The van der Waals surface area contributed by atoms with Gasteiger partial charge < -0.3 is 14.7 Å². The lowest BCUT2D eigenvalue weighted by Crippen LogP contribution is -2.27. The Labute approximate surface area is 140 Å². The molecule has 3 rings (SSSR count). The summed E-state index contributed by atoms with van der Waals surface area (Å²) in [6.07, 6.45) is 2.07. The number of carbonyl (C=O) groups excluding carboxylic acids is 1. The molecule has 0 saturated carbocycles. The van der Waals surface area contributed by atoms with Gasteiger partial charge in [0.25, 0.3) is 5.91 Å². The van der Waals surface area contributed by atoms with E-state index in [4.69, 9.17) is 4.74 Å². The average Bonchev–Trinajstić information content (AvgIpc) is 3.15. The van der Waals surface area contributed by atoms with Gasteiger partial charge in [0.05, 0.1) is 12.7 Å². The Morgan fingerprint density at radius 3 is 2.50 bits per heavy atom. The summed E-state index contributed by atoms with van der Waals surface area (Å²) in [6, 6.07) is 12.1. The molecular weight excluding hydrogens is 306 g/mol. The quantitative estimate of drug-likeness (QED) is 0.936. The number of likely N-dealkylation sites (tertiary alicyclic amines) is 1. The van der Waals surface area contributed by atoms with Crippen molar-refractivity contribution in [3.63, 3.8) is 0 Å². The summed E-state index contributed by atoms with van der Waals surface area (Å²) in [4.78, 5) is 25.9. The molecule has 1 aliphatic heterocycles. The fourth-order valence-electron chi connectivity index (χ4n) is 3.00. The summed E-state index contributed by atoms with van der Waals surface area (Å²) in [5.41, 5.74) is 2.01. The monoisotopic (exact) mass is 325 g/mol. The van der Waals surface area contributed by atoms with E-state index in [0.717, 1.165) is 25.9 Å². The van der Waals surface area contributed by atoms with E-state index in [1.54, 1.807) is 30.3 Å². The number of amides is 1. The van der Waals surface area contributed by atoms with E-state index in [-0.39, 0.29) is 11.5 Å². The van der Waals surface area contributed by atoms with Crippen molar-refractivity contribution < 1.29 is 19.4 Å². The number of hydrogen-bond donors (Lipinski definition) is 1. The van der Waals surface area contributed by atoms with Crippen LogP contribution < -0.4 is 4.74 Å². The Morgan fingerprint density at radius 1 is 1.08 bits per heavy atom. The molecule has 0 spiro atoms. The molecule has 0 aliphatic carbocycles. The van der Waals surface area contributed by atoms with Crippen LogP contribution in [0.5, 0.6) is 5.75 Å². The van der Waals surface area contributed by atoms with E-state index in [9.17, 15) is 14.7 Å². The van der Waals surface area contributed by atoms with Crippen molar-refractivity contribution in [3.8, 4) is 16.9 Å². The number of benzene rings is 2. The molecule has 2 aromatic carbocycles. The van der Waals surface area contributed by atoms with Gasteiger partial charge >= 0.3 is 5.97 Å². The molecule has 124 valence electrons. The van der Waals surface area contributed by atoms with Crippen molar-refractivity contribution in [2.75, 3.05) is 20.2 Å². The molecule has 0 unspecified atom stereocenters. The van der Waals surface area contributed by atoms with Crippen LogP contribution >= 0.6 is 0 Å². The number of methoxy groups -OCH3 is 1. The van der Waals surface area contributed by atoms with Crippen LogP contribution in [-0.2, 0) is 0 Å². The lowest BCUT2D eigenvalue weighted by Gasteiger charge is -2.16. The summed E-state index contributed by atoms with van der Waals surface area (Å²) in [6.45, 7) is 1.57. The van der Waals surface area contributed by atoms with E-state index in [2.05, 4.69) is 0 Å². The highest BCUT2D eigenvalue weighted by Gasteiger charge is 2.20. The highest BCUT2D eigenvalue weighted by molar-refractivity contribution is 5.99. The first kappa shape index (κ1) is 16.1. The van der Waals surface area contributed by atoms with Gasteiger partial charge in [-0.05, 0) is 54.3 Å². The third-order valence-corrected chi connectivity index (χ3v) is 4.27. The largest absolute Gasteiger partial charge is 0.497 e. The fourth-order valence-corrected chi connectivity index (χ4v) is 3.00. The van der Waals surface area contributed by atoms with Crippen LogP contribution in [0.3, 0.4) is 0 Å². The van der Waals surface area contributed by atoms with Gasteiger partial charge in [-0.2, -0.15) is 0 Å². The maximum atomic E-state index is 12.5. The highest BCUT2D eigenvalue weighted by Crippen LogP contribution is 2.28. The molecule has 24 heavy (non-hydrogen) atoms. The molecule has 0 atom stereocenters. The van der Waals surface area contributed by atoms with Crippen LogP contribution in [0.25, 0.3) is 11.1 Å². The molecule has 1 fully saturated rings. The van der Waals surface area contributed by atoms with Crippen molar-refractivity contribution in [2.24, 2.45) is 0 Å². The first-order chi connectivity index (χ1) is 11.6. The molecule has 0 aromatic heterocycles. The van der Waals surface area contributed by atoms with Gasteiger partial charge in [0.15, 0.2) is 0 Å². The van der Waals surface area contributed by atoms with Crippen molar-refractivity contribution in [2.45, 2.75) is 12.8 Å². The standard InChI is InChI=1S/C19H19NO4/c1-24-15-7-8-16(17(12-15)19(22)23)13-5-4-6-14(11-13)18(21)20-9-2-3-10-20/h4-8,11-12H,2-3,9-10H2,1H3,(H,22,23). The van der Waals surface area contributed by atoms with Crippen LogP contribution in [0.4, 0.5) is 0 Å². The summed E-state index contributed by atoms with van der Waals surface area (Å²) in [7, 11) is 1.50. The maximum Gasteiger partial charge on any atom is 0.336 e. The molecule has 5 nitrogen and oxygen atoms in total. The number of nitrogens with zero attached hydrogens (tertiary/aromatic N) is 1. The minimum atomic E-state index is -1.03. The Kier molecular flexibility index (Phi) is 4.51. The molecule has 1 N–H and O–H groups in total. The Hall–Kier alpha value is -2.82. The van der Waals surface area contributed by atoms with E-state index in [1.165, 1.54) is 13.2 Å². The molecule has 2 aromatic rings. The van der Waals surface area contributed by atoms with Gasteiger partial charge in [0, 0.05) is 18.7 Å². The predicted molar refractivity (Wildman–Crippen MR) is 90.5 cm³/mol. The van der Waals surface area contributed by atoms with E-state index < -0.39 is 5.97 Å². The first-order valence-corrected chi connectivity index (χ1v) is 7.91. The highest BCUT2D eigenvalue weighted by atomic mass is 16.5. The SMILES string of the molecule is COc1ccc(-c2cccc(C(=O)N3CCCC3)c2)c(C(=O)O)c1. The summed E-state index contributed by atoms with van der Waals surface area (Å²) >= 11 is 0. The second-order valence-electron chi connectivity index (χ2n) is 5.80. The lowest BCUT2D eigenvalue weighted by atomic mass is 9.97. The topological polar surface area (TPSA) is 66.8 Å². The molecule has 1 aliphatic rings. The molecule has 0 bridgehead atoms. The van der Waals surface area contributed by atoms with Gasteiger partial charge in [-0.25, -0.2) is 4.79 Å². The Morgan fingerprint density at radius 2 is 1.83 bits per heavy atom. The van der Waals surface area contributed by atoms with E-state index in [1.807, 2.05) is 11.0 Å². The van der Waals surface area contributed by atoms with Crippen LogP contribution in [0.15, 0.2) is 42.5 Å². The Balaban J connectivity index is 1.99. The number of ether oxygens (including phenoxy) is 1. The van der Waals surface area contributed by atoms with Gasteiger partial charge in [-0.15, -0.1) is 0 Å². The number of carboxylic acids is 1. The minimum Gasteiger partial charge on any atom is -0.497 e. The predicted octanol–water partition coefficient (Wildman–Crippen LogP) is 3.30. The summed E-state index contributed by atoms with van der Waals surface area (Å²) in [5, 5.41) is 9.47. The van der Waals surface area contributed by atoms with Gasteiger partial charge in [0.2, 0.25) is 0 Å². The zero-order chi connectivity index (χ0) is 17.1. The van der Waals surface area contributed by atoms with E-state index >= 15 is 0 Å². The molecule has 5 heteroatoms. The molecule has 1 saturated heterocycles. The van der Waals surface area contributed by atoms with Crippen molar-refractivity contribution in [3.05, 3.63) is 53.6 Å². The lowest BCUT2D eigenvalue weighted by molar-refractivity contribution is 0.0696. The van der Waals surface area contributed by atoms with Crippen molar-refractivity contribution in [1.82, 2.24) is 4.90 Å². The van der Waals surface area contributed by atoms with Crippen LogP contribution in [0.2, 0.25) is 0 Å². The zero-order valence-corrected chi connectivity index (χ0v) is 13.5. The Bertz CT molecular complexity index is 779. The van der Waals surface area contributed by atoms with Gasteiger partial charge in [-0.1, -0.05) is 12.1 Å². The summed E-state index contributed by atoms with van der Waals surface area (Å²) < 4.78 is 5.10. The second kappa shape index (κ2) is 6.74. The van der Waals surface area contributed by atoms with Crippen molar-refractivity contribution in [1.29, 1.82) is 0 Å². The zero-order valence-electron chi connectivity index (χ0n) is 13.5. The molecular formula is C19H19NO4. The summed E-state index contributed by atoms with van der Waals surface area (Å²) in [5.74, 6) is -0.541. The molecule has 1 heterocycles. The minimum absolute atomic E-state index is 0.000244.